The molecule has 0 aromatic carbocycles. The lowest BCUT2D eigenvalue weighted by Gasteiger charge is -2.32. The molecule has 1 amide bonds. The first-order chi connectivity index (χ1) is 14.0. The minimum Gasteiger partial charge on any atom is -0.355 e. The van der Waals surface area contributed by atoms with Crippen LogP contribution in [0.25, 0.3) is 0 Å². The Morgan fingerprint density at radius 1 is 1.21 bits per heavy atom. The zero-order valence-electron chi connectivity index (χ0n) is 16.8. The van der Waals surface area contributed by atoms with E-state index in [4.69, 9.17) is 0 Å². The molecule has 1 aromatic heterocycles. The average Bonchev–Trinajstić information content (AvgIpc) is 3.62. The van der Waals surface area contributed by atoms with Crippen LogP contribution in [-0.4, -0.2) is 61.6 Å². The number of fused-ring (bicyclic) bond motifs is 1. The Hall–Kier alpha value is -1.67. The highest BCUT2D eigenvalue weighted by Crippen LogP contribution is 2.45. The molecule has 1 aromatic rings. The SMILES string of the molecule is O=C(NCC1CC1)[C@]12CCCN(S(=O)(=O)C3CC3)C[C@H]1CN(c1ccccn1)C2. The number of aromatic nitrogens is 1. The number of anilines is 1. The van der Waals surface area contributed by atoms with Gasteiger partial charge in [-0.1, -0.05) is 6.07 Å². The van der Waals surface area contributed by atoms with Crippen molar-refractivity contribution in [3.8, 4) is 0 Å². The quantitative estimate of drug-likeness (QED) is 0.759. The summed E-state index contributed by atoms with van der Waals surface area (Å²) in [6.45, 7) is 3.02. The van der Waals surface area contributed by atoms with Crippen molar-refractivity contribution in [3.63, 3.8) is 0 Å². The summed E-state index contributed by atoms with van der Waals surface area (Å²) in [6.07, 6.45) is 7.18. The number of sulfonamides is 1. The molecular weight excluding hydrogens is 388 g/mol. The highest BCUT2D eigenvalue weighted by atomic mass is 32.2. The third-order valence-corrected chi connectivity index (χ3v) is 9.49. The predicted molar refractivity (Wildman–Crippen MR) is 111 cm³/mol. The van der Waals surface area contributed by atoms with E-state index in [1.54, 1.807) is 10.5 Å². The van der Waals surface area contributed by atoms with Crippen LogP contribution < -0.4 is 10.2 Å². The van der Waals surface area contributed by atoms with Crippen LogP contribution in [0.4, 0.5) is 5.82 Å². The molecule has 0 radical (unpaired) electrons. The Balaban J connectivity index is 1.42. The number of pyridine rings is 1. The number of hydrogen-bond donors (Lipinski definition) is 1. The minimum absolute atomic E-state index is 0.0141. The standard InChI is InChI=1S/C21H30N4O3S/c26-20(23-12-16-5-6-16)21-9-3-11-25(29(27,28)18-7-8-18)14-17(21)13-24(15-21)19-4-1-2-10-22-19/h1-2,4,10,16-18H,3,5-9,11-15H2,(H,23,26)/t17-,21+/m1/s1. The fraction of sp³-hybridized carbons (Fsp3) is 0.714. The molecule has 2 atom stereocenters. The molecule has 1 N–H and O–H groups in total. The molecule has 4 aliphatic rings. The van der Waals surface area contributed by atoms with Crippen molar-refractivity contribution >= 4 is 21.7 Å². The van der Waals surface area contributed by atoms with E-state index in [-0.39, 0.29) is 17.1 Å². The molecule has 5 rings (SSSR count). The first-order valence-corrected chi connectivity index (χ1v) is 12.4. The normalized spacial score (nSPS) is 30.6. The van der Waals surface area contributed by atoms with Gasteiger partial charge in [0.25, 0.3) is 0 Å². The van der Waals surface area contributed by atoms with Crippen LogP contribution in [0.1, 0.15) is 38.5 Å². The van der Waals surface area contributed by atoms with Gasteiger partial charge in [-0.2, -0.15) is 0 Å². The summed E-state index contributed by atoms with van der Waals surface area (Å²) < 4.78 is 27.6. The minimum atomic E-state index is -3.23. The highest BCUT2D eigenvalue weighted by molar-refractivity contribution is 7.90. The molecule has 7 nitrogen and oxygen atoms in total. The zero-order chi connectivity index (χ0) is 20.1. The monoisotopic (exact) mass is 418 g/mol. The molecule has 0 bridgehead atoms. The number of carbonyl (C=O) groups excluding carboxylic acids is 1. The van der Waals surface area contributed by atoms with Gasteiger partial charge in [-0.05, 0) is 56.6 Å². The van der Waals surface area contributed by atoms with E-state index in [1.807, 2.05) is 18.2 Å². The van der Waals surface area contributed by atoms with Crippen LogP contribution in [-0.2, 0) is 14.8 Å². The van der Waals surface area contributed by atoms with Crippen LogP contribution in [0, 0.1) is 17.3 Å². The summed E-state index contributed by atoms with van der Waals surface area (Å²) in [6, 6.07) is 5.82. The molecule has 0 unspecified atom stereocenters. The lowest BCUT2D eigenvalue weighted by Crippen LogP contribution is -2.48. The number of amides is 1. The van der Waals surface area contributed by atoms with Gasteiger partial charge in [0.1, 0.15) is 5.82 Å². The fourth-order valence-electron chi connectivity index (χ4n) is 5.03. The Bertz CT molecular complexity index is 869. The maximum absolute atomic E-state index is 13.4. The van der Waals surface area contributed by atoms with E-state index in [0.717, 1.165) is 38.0 Å². The summed E-state index contributed by atoms with van der Waals surface area (Å²) >= 11 is 0. The van der Waals surface area contributed by atoms with Crippen molar-refractivity contribution in [1.82, 2.24) is 14.6 Å². The molecule has 158 valence electrons. The van der Waals surface area contributed by atoms with E-state index >= 15 is 0 Å². The van der Waals surface area contributed by atoms with Crippen LogP contribution in [0.2, 0.25) is 0 Å². The van der Waals surface area contributed by atoms with Crippen molar-refractivity contribution in [2.75, 3.05) is 37.6 Å². The van der Waals surface area contributed by atoms with Gasteiger partial charge in [0, 0.05) is 44.8 Å². The molecule has 2 aliphatic heterocycles. The molecule has 29 heavy (non-hydrogen) atoms. The second-order valence-electron chi connectivity index (χ2n) is 9.28. The second kappa shape index (κ2) is 7.23. The van der Waals surface area contributed by atoms with Gasteiger partial charge >= 0.3 is 0 Å². The Morgan fingerprint density at radius 2 is 2.03 bits per heavy atom. The van der Waals surface area contributed by atoms with E-state index < -0.39 is 15.4 Å². The molecule has 2 aliphatic carbocycles. The number of rotatable bonds is 6. The summed E-state index contributed by atoms with van der Waals surface area (Å²) in [7, 11) is -3.23. The van der Waals surface area contributed by atoms with Crippen molar-refractivity contribution in [1.29, 1.82) is 0 Å². The third-order valence-electron chi connectivity index (χ3n) is 7.13. The number of nitrogens with one attached hydrogen (secondary N) is 1. The zero-order valence-corrected chi connectivity index (χ0v) is 17.6. The lowest BCUT2D eigenvalue weighted by atomic mass is 9.74. The molecule has 0 spiro atoms. The van der Waals surface area contributed by atoms with Gasteiger partial charge in [-0.25, -0.2) is 17.7 Å². The van der Waals surface area contributed by atoms with Crippen LogP contribution >= 0.6 is 0 Å². The predicted octanol–water partition coefficient (Wildman–Crippen LogP) is 1.62. The summed E-state index contributed by atoms with van der Waals surface area (Å²) in [5, 5.41) is 3.01. The summed E-state index contributed by atoms with van der Waals surface area (Å²) in [5.74, 6) is 1.59. The Morgan fingerprint density at radius 3 is 2.72 bits per heavy atom. The number of hydrogen-bond acceptors (Lipinski definition) is 5. The fourth-order valence-corrected chi connectivity index (χ4v) is 6.95. The Labute approximate surface area is 172 Å². The van der Waals surface area contributed by atoms with Crippen LogP contribution in [0.15, 0.2) is 24.4 Å². The van der Waals surface area contributed by atoms with Gasteiger partial charge in [0.15, 0.2) is 0 Å². The van der Waals surface area contributed by atoms with Crippen LogP contribution in [0.3, 0.4) is 0 Å². The van der Waals surface area contributed by atoms with Gasteiger partial charge in [0.05, 0.1) is 10.7 Å². The average molecular weight is 419 g/mol. The molecule has 2 saturated carbocycles. The smallest absolute Gasteiger partial charge is 0.228 e. The summed E-state index contributed by atoms with van der Waals surface area (Å²) in [5.41, 5.74) is -0.541. The topological polar surface area (TPSA) is 82.6 Å². The summed E-state index contributed by atoms with van der Waals surface area (Å²) in [4.78, 5) is 20.1. The van der Waals surface area contributed by atoms with Gasteiger partial charge in [-0.15, -0.1) is 0 Å². The van der Waals surface area contributed by atoms with Crippen molar-refractivity contribution in [3.05, 3.63) is 24.4 Å². The maximum Gasteiger partial charge on any atom is 0.228 e. The van der Waals surface area contributed by atoms with E-state index in [1.165, 1.54) is 12.8 Å². The first kappa shape index (κ1) is 19.3. The number of carbonyl (C=O) groups is 1. The highest BCUT2D eigenvalue weighted by Gasteiger charge is 2.55. The second-order valence-corrected chi connectivity index (χ2v) is 11.5. The molecular formula is C21H30N4O3S. The molecule has 3 heterocycles. The van der Waals surface area contributed by atoms with E-state index in [0.29, 0.717) is 32.1 Å². The first-order valence-electron chi connectivity index (χ1n) is 10.9. The van der Waals surface area contributed by atoms with Gasteiger partial charge < -0.3 is 10.2 Å². The molecule has 2 saturated heterocycles. The van der Waals surface area contributed by atoms with E-state index in [2.05, 4.69) is 15.2 Å². The van der Waals surface area contributed by atoms with Crippen molar-refractivity contribution in [2.24, 2.45) is 17.3 Å². The number of nitrogens with zero attached hydrogens (tertiary/aromatic N) is 3. The lowest BCUT2D eigenvalue weighted by molar-refractivity contribution is -0.132. The van der Waals surface area contributed by atoms with Gasteiger partial charge in [0.2, 0.25) is 15.9 Å². The Kier molecular flexibility index (Phi) is 4.81. The van der Waals surface area contributed by atoms with Crippen LogP contribution in [0.5, 0.6) is 0 Å². The molecule has 8 heteroatoms. The third kappa shape index (κ3) is 3.65. The van der Waals surface area contributed by atoms with Gasteiger partial charge in [-0.3, -0.25) is 4.79 Å². The van der Waals surface area contributed by atoms with E-state index in [9.17, 15) is 13.2 Å². The van der Waals surface area contributed by atoms with Crippen molar-refractivity contribution in [2.45, 2.75) is 43.8 Å². The largest absolute Gasteiger partial charge is 0.355 e. The van der Waals surface area contributed by atoms with Crippen molar-refractivity contribution < 1.29 is 13.2 Å². The maximum atomic E-state index is 13.4. The molecule has 4 fully saturated rings.